The number of carbonyl (C=O) groups is 4. The number of hydrogen-bond acceptors (Lipinski definition) is 7. The van der Waals surface area contributed by atoms with E-state index in [1.807, 2.05) is 0 Å². The highest BCUT2D eigenvalue weighted by Gasteiger charge is 2.26. The van der Waals surface area contributed by atoms with Gasteiger partial charge in [0.05, 0.1) is 21.5 Å². The van der Waals surface area contributed by atoms with Crippen molar-refractivity contribution in [3.8, 4) is 5.75 Å². The Labute approximate surface area is 225 Å². The van der Waals surface area contributed by atoms with Crippen molar-refractivity contribution >= 4 is 58.1 Å². The van der Waals surface area contributed by atoms with Crippen LogP contribution in [0.5, 0.6) is 5.75 Å². The van der Waals surface area contributed by atoms with Crippen molar-refractivity contribution in [3.63, 3.8) is 0 Å². The second-order valence-electron chi connectivity index (χ2n) is 8.29. The summed E-state index contributed by atoms with van der Waals surface area (Å²) in [6, 6.07) is 4.76. The number of urea groups is 1. The number of hydrogen-bond donors (Lipinski definition) is 4. The molecule has 38 heavy (non-hydrogen) atoms. The Balaban J connectivity index is 1.79. The van der Waals surface area contributed by atoms with Crippen LogP contribution in [-0.4, -0.2) is 68.8 Å². The largest absolute Gasteiger partial charge is 0.433 e. The van der Waals surface area contributed by atoms with E-state index >= 15 is 0 Å². The molecular weight excluding hydrogens is 548 g/mol. The van der Waals surface area contributed by atoms with Crippen LogP contribution in [0.15, 0.2) is 30.3 Å². The minimum atomic E-state index is -3.22. The van der Waals surface area contributed by atoms with Gasteiger partial charge in [-0.2, -0.15) is 8.78 Å². The second-order valence-corrected chi connectivity index (χ2v) is 10.0. The first kappa shape index (κ1) is 29.1. The predicted molar refractivity (Wildman–Crippen MR) is 137 cm³/mol. The van der Waals surface area contributed by atoms with Crippen LogP contribution in [0, 0.1) is 0 Å². The van der Waals surface area contributed by atoms with E-state index in [2.05, 4.69) is 26.0 Å². The Morgan fingerprint density at radius 1 is 1.18 bits per heavy atom. The third-order valence-electron chi connectivity index (χ3n) is 5.04. The van der Waals surface area contributed by atoms with Crippen molar-refractivity contribution < 1.29 is 37.4 Å². The first-order valence-corrected chi connectivity index (χ1v) is 12.6. The lowest BCUT2D eigenvalue weighted by Crippen LogP contribution is -2.54. The quantitative estimate of drug-likeness (QED) is 0.345. The van der Waals surface area contributed by atoms with Crippen LogP contribution in [0.2, 0.25) is 4.34 Å². The molecule has 0 saturated carbocycles. The summed E-state index contributed by atoms with van der Waals surface area (Å²) in [7, 11) is 0. The second kappa shape index (κ2) is 13.3. The summed E-state index contributed by atoms with van der Waals surface area (Å²) in [6.45, 7) is 0.214. The van der Waals surface area contributed by atoms with E-state index in [1.54, 1.807) is 19.9 Å². The van der Waals surface area contributed by atoms with Crippen LogP contribution in [0.3, 0.4) is 0 Å². The average molecular weight is 574 g/mol. The number of nitrogens with one attached hydrogen (secondary N) is 4. The molecule has 0 spiro atoms. The minimum Gasteiger partial charge on any atom is -0.433 e. The number of ether oxygens (including phenoxy) is 2. The van der Waals surface area contributed by atoms with E-state index < -0.39 is 36.2 Å². The van der Waals surface area contributed by atoms with Crippen LogP contribution in [0.25, 0.3) is 0 Å². The van der Waals surface area contributed by atoms with Crippen LogP contribution in [-0.2, 0) is 14.3 Å². The van der Waals surface area contributed by atoms with Crippen LogP contribution in [0.1, 0.15) is 23.5 Å². The van der Waals surface area contributed by atoms with E-state index in [9.17, 15) is 28.0 Å². The fourth-order valence-electron chi connectivity index (χ4n) is 3.38. The SMILES string of the molecule is CC(C)NC(=O)N[C@H](CNC(=O)c1ccc(Cl)s1)C(=O)Nc1ccc(N2CCOCC2=O)cc1OC(F)F. The number of rotatable bonds is 10. The van der Waals surface area contributed by atoms with E-state index in [1.165, 1.54) is 29.2 Å². The zero-order chi connectivity index (χ0) is 27.8. The first-order valence-electron chi connectivity index (χ1n) is 11.4. The Morgan fingerprint density at radius 3 is 2.58 bits per heavy atom. The maximum atomic E-state index is 13.2. The van der Waals surface area contributed by atoms with Crippen molar-refractivity contribution in [1.29, 1.82) is 0 Å². The number of morpholine rings is 1. The van der Waals surface area contributed by atoms with Gasteiger partial charge in [-0.05, 0) is 38.1 Å². The van der Waals surface area contributed by atoms with Gasteiger partial charge < -0.3 is 35.6 Å². The molecule has 1 aliphatic heterocycles. The normalized spacial score (nSPS) is 14.3. The fourth-order valence-corrected chi connectivity index (χ4v) is 4.34. The summed E-state index contributed by atoms with van der Waals surface area (Å²) in [5.74, 6) is -2.10. The number of thiophene rings is 1. The van der Waals surface area contributed by atoms with Gasteiger partial charge in [-0.1, -0.05) is 11.6 Å². The van der Waals surface area contributed by atoms with Gasteiger partial charge in [-0.25, -0.2) is 4.79 Å². The molecule has 1 atom stereocenters. The molecule has 11 nitrogen and oxygen atoms in total. The van der Waals surface area contributed by atoms with Crippen molar-refractivity contribution in [1.82, 2.24) is 16.0 Å². The lowest BCUT2D eigenvalue weighted by molar-refractivity contribution is -0.125. The zero-order valence-electron chi connectivity index (χ0n) is 20.4. The molecule has 206 valence electrons. The molecule has 0 aliphatic carbocycles. The van der Waals surface area contributed by atoms with Crippen LogP contribution in [0.4, 0.5) is 25.0 Å². The molecule has 1 fully saturated rings. The molecule has 5 amide bonds. The molecule has 1 saturated heterocycles. The zero-order valence-corrected chi connectivity index (χ0v) is 22.0. The maximum absolute atomic E-state index is 13.2. The molecule has 0 bridgehead atoms. The monoisotopic (exact) mass is 573 g/mol. The smallest absolute Gasteiger partial charge is 0.387 e. The van der Waals surface area contributed by atoms with Gasteiger partial charge in [-0.3, -0.25) is 14.4 Å². The highest BCUT2D eigenvalue weighted by Crippen LogP contribution is 2.32. The molecule has 0 radical (unpaired) electrons. The number of halogens is 3. The van der Waals surface area contributed by atoms with Gasteiger partial charge in [0.2, 0.25) is 5.91 Å². The van der Waals surface area contributed by atoms with Crippen LogP contribution >= 0.6 is 22.9 Å². The summed E-state index contributed by atoms with van der Waals surface area (Å²) < 4.78 is 36.4. The lowest BCUT2D eigenvalue weighted by atomic mass is 10.2. The predicted octanol–water partition coefficient (Wildman–Crippen LogP) is 2.81. The highest BCUT2D eigenvalue weighted by molar-refractivity contribution is 7.18. The third-order valence-corrected chi connectivity index (χ3v) is 6.27. The Kier molecular flexibility index (Phi) is 10.2. The molecule has 1 aromatic carbocycles. The number of amides is 5. The standard InChI is InChI=1S/C23H26ClF2N5O6S/c1-12(2)28-23(35)30-15(10-27-21(34)17-5-6-18(24)38-17)20(33)29-14-4-3-13(9-16(14)37-22(25)26)31-7-8-36-11-19(31)32/h3-6,9,12,15,22H,7-8,10-11H2,1-2H3,(H,27,34)(H,29,33)(H2,28,30,35)/t15-/m1/s1. The molecule has 1 aromatic heterocycles. The van der Waals surface area contributed by atoms with Gasteiger partial charge in [-0.15, -0.1) is 11.3 Å². The number of anilines is 2. The van der Waals surface area contributed by atoms with Crippen molar-refractivity contribution in [2.75, 3.05) is 36.5 Å². The molecular formula is C23H26ClF2N5O6S. The Bertz CT molecular complexity index is 1180. The molecule has 2 aromatic rings. The van der Waals surface area contributed by atoms with Crippen molar-refractivity contribution in [2.24, 2.45) is 0 Å². The number of benzene rings is 1. The molecule has 1 aliphatic rings. The molecule has 3 rings (SSSR count). The van der Waals surface area contributed by atoms with Gasteiger partial charge in [0.1, 0.15) is 12.6 Å². The molecule has 4 N–H and O–H groups in total. The van der Waals surface area contributed by atoms with Crippen molar-refractivity contribution in [2.45, 2.75) is 32.5 Å². The van der Waals surface area contributed by atoms with Gasteiger partial charge in [0.25, 0.3) is 11.8 Å². The highest BCUT2D eigenvalue weighted by atomic mass is 35.5. The molecule has 15 heteroatoms. The topological polar surface area (TPSA) is 138 Å². The van der Waals surface area contributed by atoms with Gasteiger partial charge in [0.15, 0.2) is 5.75 Å². The van der Waals surface area contributed by atoms with Gasteiger partial charge in [0, 0.05) is 30.9 Å². The third kappa shape index (κ3) is 8.26. The number of alkyl halides is 2. The summed E-state index contributed by atoms with van der Waals surface area (Å²) in [5, 5.41) is 10.0. The number of nitrogens with zero attached hydrogens (tertiary/aromatic N) is 1. The van der Waals surface area contributed by atoms with E-state index in [0.717, 1.165) is 11.3 Å². The Morgan fingerprint density at radius 2 is 1.95 bits per heavy atom. The fraction of sp³-hybridized carbons (Fsp3) is 0.391. The molecule has 0 unspecified atom stereocenters. The van der Waals surface area contributed by atoms with E-state index in [4.69, 9.17) is 16.3 Å². The summed E-state index contributed by atoms with van der Waals surface area (Å²) >= 11 is 6.89. The first-order chi connectivity index (χ1) is 18.0. The lowest BCUT2D eigenvalue weighted by Gasteiger charge is -2.27. The number of carbonyl (C=O) groups excluding carboxylic acids is 4. The summed E-state index contributed by atoms with van der Waals surface area (Å²) in [6.07, 6.45) is 0. The maximum Gasteiger partial charge on any atom is 0.387 e. The van der Waals surface area contributed by atoms with Crippen molar-refractivity contribution in [3.05, 3.63) is 39.5 Å². The van der Waals surface area contributed by atoms with Crippen LogP contribution < -0.4 is 30.9 Å². The van der Waals surface area contributed by atoms with Gasteiger partial charge >= 0.3 is 12.6 Å². The van der Waals surface area contributed by atoms with E-state index in [-0.39, 0.29) is 49.6 Å². The van der Waals surface area contributed by atoms with E-state index in [0.29, 0.717) is 9.21 Å². The molecule has 2 heterocycles. The average Bonchev–Trinajstić information content (AvgIpc) is 3.28. The summed E-state index contributed by atoms with van der Waals surface area (Å²) in [4.78, 5) is 51.6. The minimum absolute atomic E-state index is 0.132. The Hall–Kier alpha value is -3.49. The summed E-state index contributed by atoms with van der Waals surface area (Å²) in [5.41, 5.74) is 0.145.